The average molecular weight is 268 g/mol. The molecule has 0 fully saturated rings. The van der Waals surface area contributed by atoms with E-state index in [0.29, 0.717) is 12.4 Å². The molecule has 0 aliphatic rings. The summed E-state index contributed by atoms with van der Waals surface area (Å²) >= 11 is 0. The van der Waals surface area contributed by atoms with Gasteiger partial charge in [0.05, 0.1) is 6.61 Å². The minimum Gasteiger partial charge on any atom is -0.491 e. The number of nitrogens with two attached hydrogens (primary N) is 1. The fraction of sp³-hybridized carbons (Fsp3) is 0.600. The Morgan fingerprint density at radius 2 is 2.16 bits per heavy atom. The van der Waals surface area contributed by atoms with Crippen molar-refractivity contribution in [3.8, 4) is 5.75 Å². The van der Waals surface area contributed by atoms with Gasteiger partial charge in [-0.25, -0.2) is 4.39 Å². The van der Waals surface area contributed by atoms with Crippen LogP contribution in [0.5, 0.6) is 5.75 Å². The Bertz CT molecular complexity index is 382. The summed E-state index contributed by atoms with van der Waals surface area (Å²) in [7, 11) is 2.04. The number of halogens is 1. The van der Waals surface area contributed by atoms with Crippen LogP contribution < -0.4 is 10.5 Å². The third-order valence-corrected chi connectivity index (χ3v) is 2.95. The van der Waals surface area contributed by atoms with Crippen molar-refractivity contribution >= 4 is 0 Å². The zero-order valence-electron chi connectivity index (χ0n) is 12.2. The van der Waals surface area contributed by atoms with Gasteiger partial charge in [0.2, 0.25) is 0 Å². The maximum atomic E-state index is 13.7. The normalized spacial score (nSPS) is 12.7. The largest absolute Gasteiger partial charge is 0.491 e. The van der Waals surface area contributed by atoms with Gasteiger partial charge in [-0.2, -0.15) is 0 Å². The lowest BCUT2D eigenvalue weighted by molar-refractivity contribution is 0.310. The molecule has 0 amide bonds. The summed E-state index contributed by atoms with van der Waals surface area (Å²) in [4.78, 5) is 2.18. The average Bonchev–Trinajstić information content (AvgIpc) is 2.32. The molecule has 4 heteroatoms. The van der Waals surface area contributed by atoms with E-state index in [4.69, 9.17) is 10.5 Å². The topological polar surface area (TPSA) is 38.5 Å². The van der Waals surface area contributed by atoms with Gasteiger partial charge in [-0.1, -0.05) is 6.07 Å². The van der Waals surface area contributed by atoms with Crippen molar-refractivity contribution in [2.45, 2.75) is 39.3 Å². The van der Waals surface area contributed by atoms with Crippen LogP contribution in [0.3, 0.4) is 0 Å². The predicted octanol–water partition coefficient (Wildman–Crippen LogP) is 2.78. The van der Waals surface area contributed by atoms with Gasteiger partial charge in [-0.05, 0) is 58.0 Å². The maximum absolute atomic E-state index is 13.7. The molecule has 0 aromatic heterocycles. The monoisotopic (exact) mass is 268 g/mol. The van der Waals surface area contributed by atoms with Crippen LogP contribution in [-0.4, -0.2) is 31.1 Å². The first-order valence-corrected chi connectivity index (χ1v) is 6.88. The van der Waals surface area contributed by atoms with Gasteiger partial charge in [-0.15, -0.1) is 0 Å². The molecule has 1 aromatic carbocycles. The second-order valence-electron chi connectivity index (χ2n) is 5.06. The summed E-state index contributed by atoms with van der Waals surface area (Å²) in [6.45, 7) is 6.05. The molecular weight excluding hydrogens is 243 g/mol. The molecule has 0 aliphatic carbocycles. The third kappa shape index (κ3) is 6.03. The molecule has 1 unspecified atom stereocenters. The van der Waals surface area contributed by atoms with Crippen LogP contribution in [0, 0.1) is 5.82 Å². The van der Waals surface area contributed by atoms with Gasteiger partial charge in [0, 0.05) is 12.6 Å². The highest BCUT2D eigenvalue weighted by Gasteiger charge is 2.06. The van der Waals surface area contributed by atoms with E-state index in [9.17, 15) is 4.39 Å². The summed E-state index contributed by atoms with van der Waals surface area (Å²) in [6.07, 6.45) is 2.08. The number of benzene rings is 1. The Morgan fingerprint density at radius 3 is 2.74 bits per heavy atom. The van der Waals surface area contributed by atoms with Crippen LogP contribution in [0.1, 0.15) is 32.3 Å². The number of hydrogen-bond acceptors (Lipinski definition) is 3. The second-order valence-corrected chi connectivity index (χ2v) is 5.06. The molecule has 1 atom stereocenters. The van der Waals surface area contributed by atoms with Crippen molar-refractivity contribution in [1.82, 2.24) is 4.90 Å². The van der Waals surface area contributed by atoms with Crippen molar-refractivity contribution < 1.29 is 9.13 Å². The van der Waals surface area contributed by atoms with E-state index in [1.54, 1.807) is 12.1 Å². The molecule has 1 aromatic rings. The maximum Gasteiger partial charge on any atom is 0.165 e. The number of hydrogen-bond donors (Lipinski definition) is 1. The molecule has 0 spiro atoms. The van der Waals surface area contributed by atoms with E-state index in [1.807, 2.05) is 27.0 Å². The van der Waals surface area contributed by atoms with Gasteiger partial charge < -0.3 is 15.4 Å². The molecule has 0 saturated heterocycles. The highest BCUT2D eigenvalue weighted by atomic mass is 19.1. The SMILES string of the molecule is CCOc1ccc(CN(C)CCCC(C)N)cc1F. The zero-order chi connectivity index (χ0) is 14.3. The van der Waals surface area contributed by atoms with Gasteiger partial charge in [0.1, 0.15) is 0 Å². The summed E-state index contributed by atoms with van der Waals surface area (Å²) in [5, 5.41) is 0. The Labute approximate surface area is 115 Å². The highest BCUT2D eigenvalue weighted by Crippen LogP contribution is 2.19. The number of nitrogens with zero attached hydrogens (tertiary/aromatic N) is 1. The first-order valence-electron chi connectivity index (χ1n) is 6.88. The first-order chi connectivity index (χ1) is 9.02. The van der Waals surface area contributed by atoms with E-state index in [1.165, 1.54) is 0 Å². The minimum absolute atomic E-state index is 0.247. The van der Waals surface area contributed by atoms with E-state index < -0.39 is 0 Å². The van der Waals surface area contributed by atoms with Crippen LogP contribution in [0.25, 0.3) is 0 Å². The molecule has 3 nitrogen and oxygen atoms in total. The molecule has 2 N–H and O–H groups in total. The van der Waals surface area contributed by atoms with Gasteiger partial charge >= 0.3 is 0 Å². The van der Waals surface area contributed by atoms with E-state index in [0.717, 1.165) is 31.5 Å². The van der Waals surface area contributed by atoms with Gasteiger partial charge in [-0.3, -0.25) is 0 Å². The Hall–Kier alpha value is -1.13. The van der Waals surface area contributed by atoms with Crippen molar-refractivity contribution in [3.63, 3.8) is 0 Å². The molecule has 0 bridgehead atoms. The van der Waals surface area contributed by atoms with Gasteiger partial charge in [0.25, 0.3) is 0 Å². The molecule has 0 aliphatic heterocycles. The highest BCUT2D eigenvalue weighted by molar-refractivity contribution is 5.29. The fourth-order valence-corrected chi connectivity index (χ4v) is 1.99. The van der Waals surface area contributed by atoms with Crippen molar-refractivity contribution in [2.75, 3.05) is 20.2 Å². The smallest absolute Gasteiger partial charge is 0.165 e. The van der Waals surface area contributed by atoms with Crippen molar-refractivity contribution in [2.24, 2.45) is 5.73 Å². The number of ether oxygens (including phenoxy) is 1. The lowest BCUT2D eigenvalue weighted by Gasteiger charge is -2.17. The summed E-state index contributed by atoms with van der Waals surface area (Å²) < 4.78 is 18.9. The predicted molar refractivity (Wildman–Crippen MR) is 76.8 cm³/mol. The van der Waals surface area contributed by atoms with Crippen LogP contribution in [0.2, 0.25) is 0 Å². The van der Waals surface area contributed by atoms with Crippen LogP contribution >= 0.6 is 0 Å². The summed E-state index contributed by atoms with van der Waals surface area (Å²) in [6, 6.07) is 5.41. The lowest BCUT2D eigenvalue weighted by Crippen LogP contribution is -2.22. The Balaban J connectivity index is 2.45. The summed E-state index contributed by atoms with van der Waals surface area (Å²) in [5.74, 6) is 0.0363. The molecule has 19 heavy (non-hydrogen) atoms. The van der Waals surface area contributed by atoms with Crippen molar-refractivity contribution in [3.05, 3.63) is 29.6 Å². The standard InChI is InChI=1S/C15H25FN2O/c1-4-19-15-8-7-13(10-14(15)16)11-18(3)9-5-6-12(2)17/h7-8,10,12H,4-6,9,11,17H2,1-3H3. The Kier molecular flexibility index (Phi) is 6.81. The van der Waals surface area contributed by atoms with E-state index >= 15 is 0 Å². The second kappa shape index (κ2) is 8.12. The first kappa shape index (κ1) is 15.9. The van der Waals surface area contributed by atoms with Crippen LogP contribution in [0.15, 0.2) is 18.2 Å². The Morgan fingerprint density at radius 1 is 1.42 bits per heavy atom. The third-order valence-electron chi connectivity index (χ3n) is 2.95. The van der Waals surface area contributed by atoms with Crippen molar-refractivity contribution in [1.29, 1.82) is 0 Å². The minimum atomic E-state index is -0.289. The van der Waals surface area contributed by atoms with E-state index in [2.05, 4.69) is 4.90 Å². The molecular formula is C15H25FN2O. The van der Waals surface area contributed by atoms with E-state index in [-0.39, 0.29) is 11.9 Å². The molecule has 0 heterocycles. The molecule has 0 radical (unpaired) electrons. The zero-order valence-corrected chi connectivity index (χ0v) is 12.2. The quantitative estimate of drug-likeness (QED) is 0.788. The lowest BCUT2D eigenvalue weighted by atomic mass is 10.1. The molecule has 108 valence electrons. The molecule has 1 rings (SSSR count). The van der Waals surface area contributed by atoms with Gasteiger partial charge in [0.15, 0.2) is 11.6 Å². The van der Waals surface area contributed by atoms with Crippen LogP contribution in [0.4, 0.5) is 4.39 Å². The summed E-state index contributed by atoms with van der Waals surface area (Å²) in [5.41, 5.74) is 6.68. The number of rotatable bonds is 8. The van der Waals surface area contributed by atoms with Crippen LogP contribution in [-0.2, 0) is 6.54 Å². The molecule has 0 saturated carbocycles. The fourth-order valence-electron chi connectivity index (χ4n) is 1.99.